The number of nitrogens with one attached hydrogen (secondary N) is 4. The van der Waals surface area contributed by atoms with Crippen LogP contribution in [0.3, 0.4) is 0 Å². The van der Waals surface area contributed by atoms with Gasteiger partial charge in [-0.15, -0.1) is 0 Å². The molecule has 5 amide bonds. The standard InChI is InChI=1S/C35H55N9O11/c1-18(2)16-25(34(54)55)42-30(50)23(12-13-27(47)48)40-32(52)26-7-5-15-44(26)33(53)28(19(3)45)43-31(51)24(17-20-8-10-21(46)11-9-20)41-29(49)22(36)6-4-14-39-35(37)38/h8-11,18-19,22-26,28,45-46H,4-7,12-17,36H2,1-3H3,(H,40,52)(H,41,49)(H,42,50)(H,43,51)(H,47,48)(H,54,55)(H4,37,38,39)/t19-,22+,23+,24+,25+,26+,28+/m1/s1. The lowest BCUT2D eigenvalue weighted by Crippen LogP contribution is -2.61. The topological polar surface area (TPSA) is 342 Å². The number of aromatic hydroxyl groups is 1. The number of benzene rings is 1. The summed E-state index contributed by atoms with van der Waals surface area (Å²) in [4.78, 5) is 95.5. The highest BCUT2D eigenvalue weighted by Crippen LogP contribution is 2.21. The highest BCUT2D eigenvalue weighted by atomic mass is 16.4. The molecular weight excluding hydrogens is 722 g/mol. The minimum Gasteiger partial charge on any atom is -0.508 e. The zero-order chi connectivity index (χ0) is 41.4. The van der Waals surface area contributed by atoms with E-state index in [1.807, 2.05) is 0 Å². The quantitative estimate of drug-likeness (QED) is 0.0333. The van der Waals surface area contributed by atoms with Crippen molar-refractivity contribution in [3.05, 3.63) is 29.8 Å². The molecule has 1 fully saturated rings. The van der Waals surface area contributed by atoms with Crippen molar-refractivity contribution in [3.8, 4) is 5.75 Å². The van der Waals surface area contributed by atoms with Gasteiger partial charge in [0.2, 0.25) is 29.5 Å². The van der Waals surface area contributed by atoms with E-state index in [2.05, 4.69) is 26.3 Å². The van der Waals surface area contributed by atoms with Gasteiger partial charge in [0.15, 0.2) is 5.96 Å². The largest absolute Gasteiger partial charge is 0.508 e. The predicted octanol–water partition coefficient (Wildman–Crippen LogP) is -2.38. The molecule has 1 aliphatic rings. The summed E-state index contributed by atoms with van der Waals surface area (Å²) >= 11 is 0. The minimum absolute atomic E-state index is 0.0276. The van der Waals surface area contributed by atoms with Gasteiger partial charge in [-0.1, -0.05) is 26.0 Å². The number of hydrogen-bond acceptors (Lipinski definition) is 11. The Morgan fingerprint density at radius 3 is 2.05 bits per heavy atom. The van der Waals surface area contributed by atoms with Crippen LogP contribution in [0.2, 0.25) is 0 Å². The molecule has 0 spiro atoms. The summed E-state index contributed by atoms with van der Waals surface area (Å²) in [6.45, 7) is 5.00. The smallest absolute Gasteiger partial charge is 0.326 e. The van der Waals surface area contributed by atoms with E-state index in [1.165, 1.54) is 31.2 Å². The molecule has 1 heterocycles. The number of carbonyl (C=O) groups is 7. The number of hydrogen-bond donors (Lipinski definition) is 11. The maximum atomic E-state index is 13.9. The molecule has 14 N–H and O–H groups in total. The number of guanidine groups is 1. The number of aliphatic carboxylic acids is 2. The maximum Gasteiger partial charge on any atom is 0.326 e. The maximum absolute atomic E-state index is 13.9. The van der Waals surface area contributed by atoms with E-state index in [1.54, 1.807) is 13.8 Å². The molecule has 20 nitrogen and oxygen atoms in total. The van der Waals surface area contributed by atoms with Crippen LogP contribution in [0.25, 0.3) is 0 Å². The van der Waals surface area contributed by atoms with Crippen molar-refractivity contribution < 1.29 is 54.0 Å². The molecule has 0 saturated carbocycles. The van der Waals surface area contributed by atoms with Gasteiger partial charge in [-0.05, 0) is 69.1 Å². The van der Waals surface area contributed by atoms with Gasteiger partial charge >= 0.3 is 11.9 Å². The molecule has 306 valence electrons. The van der Waals surface area contributed by atoms with Crippen molar-refractivity contribution in [2.75, 3.05) is 13.1 Å². The fraction of sp³-hybridized carbons (Fsp3) is 0.600. The highest BCUT2D eigenvalue weighted by Gasteiger charge is 2.41. The molecule has 1 saturated heterocycles. The van der Waals surface area contributed by atoms with Crippen molar-refractivity contribution in [3.63, 3.8) is 0 Å². The first-order valence-electron chi connectivity index (χ1n) is 18.0. The molecule has 1 aliphatic heterocycles. The number of aliphatic hydroxyl groups is 1. The summed E-state index contributed by atoms with van der Waals surface area (Å²) in [5.41, 5.74) is 17.2. The number of rotatable bonds is 22. The van der Waals surface area contributed by atoms with Crippen molar-refractivity contribution in [1.82, 2.24) is 26.2 Å². The second-order valence-corrected chi connectivity index (χ2v) is 13.9. The average molecular weight is 778 g/mol. The summed E-state index contributed by atoms with van der Waals surface area (Å²) in [5.74, 6) is -6.99. The molecule has 20 heteroatoms. The predicted molar refractivity (Wildman–Crippen MR) is 198 cm³/mol. The van der Waals surface area contributed by atoms with E-state index in [9.17, 15) is 54.0 Å². The lowest BCUT2D eigenvalue weighted by atomic mass is 10.0. The number of carboxylic acid groups (broad SMARTS) is 2. The van der Waals surface area contributed by atoms with Crippen LogP contribution in [0.15, 0.2) is 29.3 Å². The number of aliphatic imine (C=N–C) groups is 1. The minimum atomic E-state index is -1.60. The number of phenols is 1. The highest BCUT2D eigenvalue weighted by molar-refractivity contribution is 5.97. The SMILES string of the molecule is CC(C)C[C@H](NC(=O)[C@H](CCC(=O)O)NC(=O)[C@@H]1CCCN1C(=O)[C@@H](NC(=O)[C@H](Cc1ccc(O)cc1)NC(=O)[C@@H](N)CCCN=C(N)N)[C@@H](C)O)C(=O)O. The molecule has 1 aromatic rings. The van der Waals surface area contributed by atoms with Crippen LogP contribution >= 0.6 is 0 Å². The normalized spacial score (nSPS) is 17.1. The van der Waals surface area contributed by atoms with Crippen LogP contribution in [0.5, 0.6) is 5.75 Å². The van der Waals surface area contributed by atoms with Crippen LogP contribution in [0, 0.1) is 5.92 Å². The first-order valence-corrected chi connectivity index (χ1v) is 18.0. The Balaban J connectivity index is 2.27. The summed E-state index contributed by atoms with van der Waals surface area (Å²) in [6, 6.07) is -2.11. The van der Waals surface area contributed by atoms with E-state index in [0.717, 1.165) is 4.90 Å². The molecule has 0 bridgehead atoms. The molecule has 2 rings (SSSR count). The van der Waals surface area contributed by atoms with Gasteiger partial charge in [0.05, 0.1) is 12.1 Å². The van der Waals surface area contributed by atoms with Crippen LogP contribution in [0.4, 0.5) is 0 Å². The van der Waals surface area contributed by atoms with Crippen molar-refractivity contribution in [2.24, 2.45) is 28.1 Å². The molecule has 0 unspecified atom stereocenters. The second kappa shape index (κ2) is 22.0. The molecular formula is C35H55N9O11. The summed E-state index contributed by atoms with van der Waals surface area (Å²) in [7, 11) is 0. The van der Waals surface area contributed by atoms with E-state index in [4.69, 9.17) is 17.2 Å². The fourth-order valence-electron chi connectivity index (χ4n) is 5.90. The van der Waals surface area contributed by atoms with Crippen molar-refractivity contribution in [2.45, 2.75) is 114 Å². The lowest BCUT2D eigenvalue weighted by Gasteiger charge is -2.32. The number of nitrogens with two attached hydrogens (primary N) is 3. The van der Waals surface area contributed by atoms with Crippen LogP contribution in [-0.2, 0) is 40.0 Å². The Hall–Kier alpha value is -5.50. The Labute approximate surface area is 318 Å². The summed E-state index contributed by atoms with van der Waals surface area (Å²) in [6.07, 6.45) is -1.46. The van der Waals surface area contributed by atoms with Gasteiger partial charge in [-0.2, -0.15) is 0 Å². The third-order valence-electron chi connectivity index (χ3n) is 8.80. The second-order valence-electron chi connectivity index (χ2n) is 13.9. The third kappa shape index (κ3) is 15.4. The van der Waals surface area contributed by atoms with E-state index in [-0.39, 0.29) is 62.8 Å². The van der Waals surface area contributed by atoms with Crippen molar-refractivity contribution in [1.29, 1.82) is 0 Å². The average Bonchev–Trinajstić information content (AvgIpc) is 3.60. The Bertz CT molecular complexity index is 1530. The number of phenolic OH excluding ortho intramolecular Hbond substituents is 1. The fourth-order valence-corrected chi connectivity index (χ4v) is 5.90. The van der Waals surface area contributed by atoms with E-state index in [0.29, 0.717) is 18.4 Å². The van der Waals surface area contributed by atoms with Gasteiger partial charge in [-0.25, -0.2) is 4.79 Å². The zero-order valence-electron chi connectivity index (χ0n) is 31.3. The Kier molecular flexibility index (Phi) is 18.3. The first kappa shape index (κ1) is 45.7. The molecule has 0 radical (unpaired) electrons. The van der Waals surface area contributed by atoms with Gasteiger partial charge < -0.3 is 63.8 Å². The third-order valence-corrected chi connectivity index (χ3v) is 8.80. The molecule has 7 atom stereocenters. The zero-order valence-corrected chi connectivity index (χ0v) is 31.3. The Morgan fingerprint density at radius 1 is 0.873 bits per heavy atom. The number of nitrogens with zero attached hydrogens (tertiary/aromatic N) is 2. The number of amides is 5. The lowest BCUT2D eigenvalue weighted by molar-refractivity contribution is -0.145. The Morgan fingerprint density at radius 2 is 1.49 bits per heavy atom. The van der Waals surface area contributed by atoms with Crippen LogP contribution in [0.1, 0.15) is 71.3 Å². The number of aliphatic hydroxyl groups excluding tert-OH is 1. The van der Waals surface area contributed by atoms with Crippen LogP contribution < -0.4 is 38.5 Å². The molecule has 0 aliphatic carbocycles. The summed E-state index contributed by atoms with van der Waals surface area (Å²) < 4.78 is 0. The molecule has 55 heavy (non-hydrogen) atoms. The monoisotopic (exact) mass is 777 g/mol. The van der Waals surface area contributed by atoms with Crippen LogP contribution in [-0.4, -0.2) is 128 Å². The molecule has 0 aromatic heterocycles. The van der Waals surface area contributed by atoms with Gasteiger partial charge in [-0.3, -0.25) is 33.8 Å². The van der Waals surface area contributed by atoms with Crippen molar-refractivity contribution >= 4 is 47.4 Å². The van der Waals surface area contributed by atoms with E-state index >= 15 is 0 Å². The van der Waals surface area contributed by atoms with Gasteiger partial charge in [0.25, 0.3) is 0 Å². The van der Waals surface area contributed by atoms with Gasteiger partial charge in [0.1, 0.15) is 36.0 Å². The number of carbonyl (C=O) groups excluding carboxylic acids is 5. The molecule has 1 aromatic carbocycles. The number of carboxylic acids is 2. The summed E-state index contributed by atoms with van der Waals surface area (Å²) in [5, 5.41) is 49.1. The number of likely N-dealkylation sites (tertiary alicyclic amines) is 1. The first-order chi connectivity index (χ1) is 25.8. The van der Waals surface area contributed by atoms with E-state index < -0.39 is 90.3 Å². The van der Waals surface area contributed by atoms with Gasteiger partial charge in [0, 0.05) is 25.9 Å².